The van der Waals surface area contributed by atoms with Crippen LogP contribution >= 0.6 is 11.3 Å². The fourth-order valence-electron chi connectivity index (χ4n) is 10.0. The van der Waals surface area contributed by atoms with E-state index in [0.29, 0.717) is 0 Å². The highest BCUT2D eigenvalue weighted by atomic mass is 32.1. The Balaban J connectivity index is 0.876. The Morgan fingerprint density at radius 1 is 0.286 bits per heavy atom. The molecular weight excluding hydrogens is 779 g/mol. The largest absolute Gasteiger partial charge is 0.310 e. The van der Waals surface area contributed by atoms with E-state index in [0.717, 1.165) is 17.1 Å². The van der Waals surface area contributed by atoms with Gasteiger partial charge in [0.25, 0.3) is 0 Å². The van der Waals surface area contributed by atoms with Crippen LogP contribution in [0.2, 0.25) is 0 Å². The summed E-state index contributed by atoms with van der Waals surface area (Å²) in [5, 5.41) is 2.64. The molecule has 2 heteroatoms. The Morgan fingerprint density at radius 2 is 0.778 bits per heavy atom. The van der Waals surface area contributed by atoms with Gasteiger partial charge < -0.3 is 4.90 Å². The highest BCUT2D eigenvalue weighted by Gasteiger charge is 2.45. The van der Waals surface area contributed by atoms with Crippen molar-refractivity contribution >= 4 is 48.6 Å². The lowest BCUT2D eigenvalue weighted by Crippen LogP contribution is -2.28. The molecule has 0 radical (unpaired) electrons. The van der Waals surface area contributed by atoms with Gasteiger partial charge >= 0.3 is 0 Å². The summed E-state index contributed by atoms with van der Waals surface area (Å²) in [6.45, 7) is 0. The molecule has 0 amide bonds. The van der Waals surface area contributed by atoms with Gasteiger partial charge in [-0.05, 0) is 127 Å². The molecule has 12 rings (SSSR count). The van der Waals surface area contributed by atoms with Gasteiger partial charge in [-0.15, -0.1) is 11.3 Å². The molecule has 0 saturated carbocycles. The third-order valence-electron chi connectivity index (χ3n) is 13.0. The zero-order chi connectivity index (χ0) is 41.7. The van der Waals surface area contributed by atoms with Crippen molar-refractivity contribution < 1.29 is 0 Å². The minimum atomic E-state index is -0.397. The van der Waals surface area contributed by atoms with Crippen LogP contribution < -0.4 is 4.90 Å². The summed E-state index contributed by atoms with van der Waals surface area (Å²) in [5.74, 6) is 0. The van der Waals surface area contributed by atoms with Crippen LogP contribution in [0.1, 0.15) is 22.3 Å². The van der Waals surface area contributed by atoms with Crippen LogP contribution in [0.15, 0.2) is 249 Å². The van der Waals surface area contributed by atoms with Crippen molar-refractivity contribution in [1.29, 1.82) is 0 Å². The average molecular weight is 820 g/mol. The molecule has 0 fully saturated rings. The summed E-state index contributed by atoms with van der Waals surface area (Å²) in [7, 11) is 0. The molecule has 0 N–H and O–H groups in total. The van der Waals surface area contributed by atoms with E-state index in [9.17, 15) is 0 Å². The average Bonchev–Trinajstić information content (AvgIpc) is 3.89. The molecule has 1 aliphatic rings. The minimum Gasteiger partial charge on any atom is -0.310 e. The second-order valence-electron chi connectivity index (χ2n) is 16.4. The number of benzene rings is 10. The number of hydrogen-bond donors (Lipinski definition) is 0. The standard InChI is InChI=1S/C61H41NS/c1-4-16-48(17-5-1)61(49-18-6-2-7-19-49)57-25-12-10-23-53(57)55-40-46(33-37-58(55)61)43-29-27-42(28-30-43)45-15-14-22-52(39-45)62(50-20-8-3-9-21-50)51-35-31-44(32-36-51)47-34-38-60-56(41-47)54-24-11-13-26-59(54)63-60/h1-41H. The van der Waals surface area contributed by atoms with E-state index in [2.05, 4.69) is 254 Å². The summed E-state index contributed by atoms with van der Waals surface area (Å²) in [6, 6.07) is 91.3. The Hall–Kier alpha value is -7.78. The van der Waals surface area contributed by atoms with E-state index in [1.807, 2.05) is 11.3 Å². The van der Waals surface area contributed by atoms with Gasteiger partial charge in [0.2, 0.25) is 0 Å². The molecule has 11 aromatic rings. The first-order valence-electron chi connectivity index (χ1n) is 21.7. The van der Waals surface area contributed by atoms with Crippen LogP contribution in [-0.4, -0.2) is 0 Å². The molecule has 1 heterocycles. The van der Waals surface area contributed by atoms with Crippen LogP contribution in [0.3, 0.4) is 0 Å². The fourth-order valence-corrected chi connectivity index (χ4v) is 11.1. The van der Waals surface area contributed by atoms with E-state index in [-0.39, 0.29) is 0 Å². The Morgan fingerprint density at radius 3 is 1.49 bits per heavy atom. The van der Waals surface area contributed by atoms with Gasteiger partial charge in [0.15, 0.2) is 0 Å². The lowest BCUT2D eigenvalue weighted by atomic mass is 9.67. The lowest BCUT2D eigenvalue weighted by Gasteiger charge is -2.33. The number of nitrogens with zero attached hydrogens (tertiary/aromatic N) is 1. The summed E-state index contributed by atoms with van der Waals surface area (Å²) >= 11 is 1.86. The highest BCUT2D eigenvalue weighted by molar-refractivity contribution is 7.25. The van der Waals surface area contributed by atoms with E-state index in [1.165, 1.54) is 86.9 Å². The zero-order valence-electron chi connectivity index (χ0n) is 34.5. The topological polar surface area (TPSA) is 3.24 Å². The lowest BCUT2D eigenvalue weighted by molar-refractivity contribution is 0.768. The second kappa shape index (κ2) is 15.3. The van der Waals surface area contributed by atoms with E-state index >= 15 is 0 Å². The maximum atomic E-state index is 2.41. The van der Waals surface area contributed by atoms with E-state index in [4.69, 9.17) is 0 Å². The monoisotopic (exact) mass is 819 g/mol. The van der Waals surface area contributed by atoms with Gasteiger partial charge in [0.05, 0.1) is 5.41 Å². The molecular formula is C61H41NS. The maximum Gasteiger partial charge on any atom is 0.0713 e. The Labute approximate surface area is 372 Å². The third kappa shape index (κ3) is 6.22. The summed E-state index contributed by atoms with van der Waals surface area (Å²) in [5.41, 5.74) is 17.9. The number of hydrogen-bond acceptors (Lipinski definition) is 2. The summed E-state index contributed by atoms with van der Waals surface area (Å²) in [4.78, 5) is 2.35. The molecule has 10 aromatic carbocycles. The maximum absolute atomic E-state index is 2.41. The van der Waals surface area contributed by atoms with Crippen molar-refractivity contribution in [1.82, 2.24) is 0 Å². The predicted octanol–water partition coefficient (Wildman–Crippen LogP) is 16.9. The van der Waals surface area contributed by atoms with Crippen molar-refractivity contribution in [3.8, 4) is 44.5 Å². The first-order chi connectivity index (χ1) is 31.2. The fraction of sp³-hybridized carbons (Fsp3) is 0.0164. The van der Waals surface area contributed by atoms with Gasteiger partial charge in [0.1, 0.15) is 0 Å². The SMILES string of the molecule is c1ccc(N(c2ccc(-c3ccc4sc5ccccc5c4c3)cc2)c2cccc(-c3ccc(-c4ccc5c(c4)-c4ccccc4C5(c4ccccc4)c4ccccc4)cc3)c2)cc1. The molecule has 0 bridgehead atoms. The first-order valence-corrected chi connectivity index (χ1v) is 22.5. The molecule has 1 aliphatic carbocycles. The molecule has 0 aliphatic heterocycles. The molecule has 296 valence electrons. The van der Waals surface area contributed by atoms with Gasteiger partial charge in [-0.2, -0.15) is 0 Å². The Kier molecular flexibility index (Phi) is 8.98. The molecule has 1 aromatic heterocycles. The first kappa shape index (κ1) is 37.0. The van der Waals surface area contributed by atoms with Crippen molar-refractivity contribution in [2.45, 2.75) is 5.41 Å². The van der Waals surface area contributed by atoms with Gasteiger partial charge in [-0.3, -0.25) is 0 Å². The molecule has 1 nitrogen and oxygen atoms in total. The normalized spacial score (nSPS) is 12.6. The van der Waals surface area contributed by atoms with Gasteiger partial charge in [0, 0.05) is 37.2 Å². The van der Waals surface area contributed by atoms with Crippen molar-refractivity contribution in [2.75, 3.05) is 4.90 Å². The smallest absolute Gasteiger partial charge is 0.0713 e. The number of anilines is 3. The second-order valence-corrected chi connectivity index (χ2v) is 17.5. The number of rotatable bonds is 8. The predicted molar refractivity (Wildman–Crippen MR) is 268 cm³/mol. The summed E-state index contributed by atoms with van der Waals surface area (Å²) < 4.78 is 2.65. The van der Waals surface area contributed by atoms with Gasteiger partial charge in [-0.25, -0.2) is 0 Å². The highest BCUT2D eigenvalue weighted by Crippen LogP contribution is 2.56. The van der Waals surface area contributed by atoms with Crippen molar-refractivity contribution in [3.05, 3.63) is 271 Å². The number of para-hydroxylation sites is 1. The van der Waals surface area contributed by atoms with Gasteiger partial charge in [-0.1, -0.05) is 188 Å². The molecule has 0 unspecified atom stereocenters. The summed E-state index contributed by atoms with van der Waals surface area (Å²) in [6.07, 6.45) is 0. The van der Waals surface area contributed by atoms with E-state index in [1.54, 1.807) is 0 Å². The number of thiophene rings is 1. The third-order valence-corrected chi connectivity index (χ3v) is 14.1. The van der Waals surface area contributed by atoms with Crippen LogP contribution in [0.5, 0.6) is 0 Å². The van der Waals surface area contributed by atoms with Crippen LogP contribution in [0, 0.1) is 0 Å². The van der Waals surface area contributed by atoms with Crippen molar-refractivity contribution in [3.63, 3.8) is 0 Å². The molecule has 0 spiro atoms. The Bertz CT molecular complexity index is 3380. The molecule has 0 saturated heterocycles. The van der Waals surface area contributed by atoms with Crippen LogP contribution in [-0.2, 0) is 5.41 Å². The molecule has 63 heavy (non-hydrogen) atoms. The zero-order valence-corrected chi connectivity index (χ0v) is 35.3. The van der Waals surface area contributed by atoms with E-state index < -0.39 is 5.41 Å². The quantitative estimate of drug-likeness (QED) is 0.148. The molecule has 0 atom stereocenters. The van der Waals surface area contributed by atoms with Crippen LogP contribution in [0.4, 0.5) is 17.1 Å². The minimum absolute atomic E-state index is 0.397. The van der Waals surface area contributed by atoms with Crippen LogP contribution in [0.25, 0.3) is 64.7 Å². The number of fused-ring (bicyclic) bond motifs is 6. The van der Waals surface area contributed by atoms with Crippen molar-refractivity contribution in [2.24, 2.45) is 0 Å².